The number of hydrogen-bond acceptors (Lipinski definition) is 7. The fourth-order valence-electron chi connectivity index (χ4n) is 4.04. The van der Waals surface area contributed by atoms with Crippen molar-refractivity contribution in [3.63, 3.8) is 0 Å². The highest BCUT2D eigenvalue weighted by atomic mass is 19.4. The summed E-state index contributed by atoms with van der Waals surface area (Å²) in [6.45, 7) is 11.9. The predicted molar refractivity (Wildman–Crippen MR) is 155 cm³/mol. The minimum Gasteiger partial charge on any atom is -0.488 e. The number of hydrogen-bond donors (Lipinski definition) is 4. The largest absolute Gasteiger partial charge is 0.488 e. The molecule has 0 radical (unpaired) electrons. The second-order valence-corrected chi connectivity index (χ2v) is 11.3. The van der Waals surface area contributed by atoms with Gasteiger partial charge in [-0.1, -0.05) is 6.07 Å². The molecule has 1 aromatic carbocycles. The van der Waals surface area contributed by atoms with Crippen LogP contribution in [0.2, 0.25) is 0 Å². The van der Waals surface area contributed by atoms with E-state index in [1.165, 1.54) is 30.6 Å². The van der Waals surface area contributed by atoms with E-state index in [1.54, 1.807) is 48.5 Å². The Balaban J connectivity index is 1.75. The molecule has 2 aromatic heterocycles. The van der Waals surface area contributed by atoms with Gasteiger partial charge in [0.05, 0.1) is 29.7 Å². The SMILES string of the molecule is CCOc1cc(-c2ncc(NC(=O)Nc3ccc(CC(C)(C)NC(=O)OC(C)(C)C)c(C(F)(F)F)c3)c(C)n2)c[nH]c1=O. The summed E-state index contributed by atoms with van der Waals surface area (Å²) in [6.07, 6.45) is -2.86. The lowest BCUT2D eigenvalue weighted by molar-refractivity contribution is -0.138. The maximum absolute atomic E-state index is 14.0. The monoisotopic (exact) mass is 604 g/mol. The summed E-state index contributed by atoms with van der Waals surface area (Å²) in [5, 5.41) is 7.53. The first-order chi connectivity index (χ1) is 19.9. The minimum atomic E-state index is -4.73. The maximum atomic E-state index is 14.0. The highest BCUT2D eigenvalue weighted by molar-refractivity contribution is 6.00. The van der Waals surface area contributed by atoms with Crippen molar-refractivity contribution in [1.82, 2.24) is 20.3 Å². The van der Waals surface area contributed by atoms with E-state index in [1.807, 2.05) is 0 Å². The van der Waals surface area contributed by atoms with Crippen LogP contribution in [-0.2, 0) is 17.3 Å². The number of aromatic amines is 1. The van der Waals surface area contributed by atoms with Crippen molar-refractivity contribution in [2.45, 2.75) is 72.2 Å². The van der Waals surface area contributed by atoms with Gasteiger partial charge in [-0.05, 0) is 78.6 Å². The Hall–Kier alpha value is -4.62. The Labute approximate surface area is 246 Å². The third-order valence-electron chi connectivity index (χ3n) is 5.80. The zero-order valence-corrected chi connectivity index (χ0v) is 24.9. The zero-order chi connectivity index (χ0) is 32.2. The van der Waals surface area contributed by atoms with Crippen LogP contribution in [0, 0.1) is 6.92 Å². The van der Waals surface area contributed by atoms with Crippen molar-refractivity contribution in [1.29, 1.82) is 0 Å². The Bertz CT molecular complexity index is 1550. The molecule has 0 spiro atoms. The van der Waals surface area contributed by atoms with Crippen LogP contribution >= 0.6 is 0 Å². The molecule has 14 heteroatoms. The number of alkyl carbamates (subject to hydrolysis) is 1. The number of H-pyrrole nitrogens is 1. The zero-order valence-electron chi connectivity index (χ0n) is 24.9. The summed E-state index contributed by atoms with van der Waals surface area (Å²) >= 11 is 0. The van der Waals surface area contributed by atoms with Gasteiger partial charge >= 0.3 is 18.3 Å². The lowest BCUT2D eigenvalue weighted by Gasteiger charge is -2.29. The van der Waals surface area contributed by atoms with Crippen LogP contribution in [-0.4, -0.2) is 44.8 Å². The molecule has 0 unspecified atom stereocenters. The Morgan fingerprint density at radius 2 is 1.74 bits per heavy atom. The van der Waals surface area contributed by atoms with Crippen LogP contribution < -0.4 is 26.2 Å². The highest BCUT2D eigenvalue weighted by Gasteiger charge is 2.36. The molecular weight excluding hydrogens is 569 g/mol. The molecule has 0 atom stereocenters. The maximum Gasteiger partial charge on any atom is 0.416 e. The van der Waals surface area contributed by atoms with Gasteiger partial charge in [-0.3, -0.25) is 4.79 Å². The van der Waals surface area contributed by atoms with Gasteiger partial charge in [-0.25, -0.2) is 19.6 Å². The number of amides is 3. The average Bonchev–Trinajstić information content (AvgIpc) is 2.85. The van der Waals surface area contributed by atoms with Crippen molar-refractivity contribution in [2.24, 2.45) is 0 Å². The third-order valence-corrected chi connectivity index (χ3v) is 5.80. The fraction of sp³-hybridized carbons (Fsp3) is 0.414. The van der Waals surface area contributed by atoms with Gasteiger partial charge in [0, 0.05) is 23.0 Å². The predicted octanol–water partition coefficient (Wildman–Crippen LogP) is 6.05. The smallest absolute Gasteiger partial charge is 0.416 e. The molecule has 0 bridgehead atoms. The highest BCUT2D eigenvalue weighted by Crippen LogP contribution is 2.35. The summed E-state index contributed by atoms with van der Waals surface area (Å²) in [4.78, 5) is 47.8. The Morgan fingerprint density at radius 3 is 2.35 bits per heavy atom. The normalized spacial score (nSPS) is 12.0. The number of pyridine rings is 1. The standard InChI is InChI=1S/C29H35F3N6O5/c1-8-42-22-11-18(14-34-24(22)39)23-33-15-21(16(2)35-23)37-25(40)36-19-10-9-17(20(12-19)29(30,31)32)13-28(6,7)38-26(41)43-27(3,4)5/h9-12,14-15H,8,13H2,1-7H3,(H,34,39)(H,38,41)(H2,36,37,40). The van der Waals surface area contributed by atoms with Crippen molar-refractivity contribution >= 4 is 23.5 Å². The molecule has 0 aliphatic rings. The molecule has 43 heavy (non-hydrogen) atoms. The molecular formula is C29H35F3N6O5. The Morgan fingerprint density at radius 1 is 1.05 bits per heavy atom. The summed E-state index contributed by atoms with van der Waals surface area (Å²) in [6, 6.07) is 4.10. The number of nitrogens with zero attached hydrogens (tertiary/aromatic N) is 2. The number of carbonyl (C=O) groups excluding carboxylic acids is 2. The molecule has 4 N–H and O–H groups in total. The van der Waals surface area contributed by atoms with Gasteiger partial charge in [-0.15, -0.1) is 0 Å². The number of anilines is 2. The molecule has 232 valence electrons. The van der Waals surface area contributed by atoms with Crippen LogP contribution in [0.15, 0.2) is 41.5 Å². The van der Waals surface area contributed by atoms with Crippen molar-refractivity contribution in [3.05, 3.63) is 63.8 Å². The van der Waals surface area contributed by atoms with E-state index in [0.29, 0.717) is 17.9 Å². The third kappa shape index (κ3) is 9.45. The molecule has 0 aliphatic carbocycles. The first kappa shape index (κ1) is 32.9. The number of rotatable bonds is 8. The molecule has 0 saturated heterocycles. The molecule has 2 heterocycles. The van der Waals surface area contributed by atoms with Crippen molar-refractivity contribution in [2.75, 3.05) is 17.2 Å². The molecule has 0 aliphatic heterocycles. The summed E-state index contributed by atoms with van der Waals surface area (Å²) in [7, 11) is 0. The average molecular weight is 605 g/mol. The molecule has 11 nitrogen and oxygen atoms in total. The van der Waals surface area contributed by atoms with E-state index in [0.717, 1.165) is 6.07 Å². The molecule has 3 amide bonds. The number of ether oxygens (including phenoxy) is 2. The van der Waals surface area contributed by atoms with Crippen LogP contribution in [0.5, 0.6) is 5.75 Å². The number of aryl methyl sites for hydroxylation is 1. The number of nitrogens with one attached hydrogen (secondary N) is 4. The lowest BCUT2D eigenvalue weighted by Crippen LogP contribution is -2.47. The lowest BCUT2D eigenvalue weighted by atomic mass is 9.91. The second-order valence-electron chi connectivity index (χ2n) is 11.3. The fourth-order valence-corrected chi connectivity index (χ4v) is 4.04. The van der Waals surface area contributed by atoms with Crippen LogP contribution in [0.25, 0.3) is 11.4 Å². The topological polar surface area (TPSA) is 147 Å². The summed E-state index contributed by atoms with van der Waals surface area (Å²) < 4.78 is 52.5. The van der Waals surface area contributed by atoms with Crippen LogP contribution in [0.1, 0.15) is 58.4 Å². The van der Waals surface area contributed by atoms with E-state index >= 15 is 0 Å². The number of aromatic nitrogens is 3. The first-order valence-corrected chi connectivity index (χ1v) is 13.4. The summed E-state index contributed by atoms with van der Waals surface area (Å²) in [5.41, 5.74) is -2.30. The molecule has 3 rings (SSSR count). The van der Waals surface area contributed by atoms with Gasteiger partial charge < -0.3 is 30.4 Å². The van der Waals surface area contributed by atoms with E-state index in [4.69, 9.17) is 9.47 Å². The number of alkyl halides is 3. The van der Waals surface area contributed by atoms with E-state index in [2.05, 4.69) is 30.9 Å². The van der Waals surface area contributed by atoms with Crippen LogP contribution in [0.4, 0.5) is 34.1 Å². The summed E-state index contributed by atoms with van der Waals surface area (Å²) in [5.74, 6) is 0.366. The van der Waals surface area contributed by atoms with Gasteiger partial charge in [-0.2, -0.15) is 13.2 Å². The number of carbonyl (C=O) groups is 2. The van der Waals surface area contributed by atoms with E-state index in [9.17, 15) is 27.6 Å². The molecule has 0 fully saturated rings. The van der Waals surface area contributed by atoms with Crippen molar-refractivity contribution < 1.29 is 32.2 Å². The molecule has 0 saturated carbocycles. The van der Waals surface area contributed by atoms with Gasteiger partial charge in [0.1, 0.15) is 5.60 Å². The number of benzene rings is 1. The quantitative estimate of drug-likeness (QED) is 0.245. The van der Waals surface area contributed by atoms with Gasteiger partial charge in [0.15, 0.2) is 11.6 Å². The van der Waals surface area contributed by atoms with Crippen molar-refractivity contribution in [3.8, 4) is 17.1 Å². The second kappa shape index (κ2) is 12.7. The first-order valence-electron chi connectivity index (χ1n) is 13.4. The number of halogens is 3. The minimum absolute atomic E-state index is 0.0749. The van der Waals surface area contributed by atoms with E-state index in [-0.39, 0.29) is 34.9 Å². The van der Waals surface area contributed by atoms with Gasteiger partial charge in [0.2, 0.25) is 0 Å². The molecule has 3 aromatic rings. The van der Waals surface area contributed by atoms with E-state index < -0.39 is 40.6 Å². The van der Waals surface area contributed by atoms with Crippen LogP contribution in [0.3, 0.4) is 0 Å². The number of urea groups is 1. The van der Waals surface area contributed by atoms with Gasteiger partial charge in [0.25, 0.3) is 5.56 Å². The Kier molecular flexibility index (Phi) is 9.72.